The van der Waals surface area contributed by atoms with Gasteiger partial charge in [0, 0.05) is 28.8 Å². The molecule has 4 nitrogen and oxygen atoms in total. The van der Waals surface area contributed by atoms with E-state index in [4.69, 9.17) is 23.8 Å². The van der Waals surface area contributed by atoms with Gasteiger partial charge in [0.05, 0.1) is 11.7 Å². The van der Waals surface area contributed by atoms with E-state index in [2.05, 4.69) is 26.3 Å². The van der Waals surface area contributed by atoms with Crippen LogP contribution in [0.25, 0.3) is 0 Å². The topological polar surface area (TPSA) is 44.0 Å². The second kappa shape index (κ2) is 6.26. The minimum atomic E-state index is -0.0342. The highest BCUT2D eigenvalue weighted by Gasteiger charge is 2.41. The number of hydrogen-bond donors (Lipinski definition) is 2. The SMILES string of the molecule is S=C1N[C@@H](c2ccccn2)[C@H](c2ccc[nH]2)N1c1ccc(Cl)cc1. The summed E-state index contributed by atoms with van der Waals surface area (Å²) >= 11 is 11.7. The van der Waals surface area contributed by atoms with Crippen LogP contribution in [0.4, 0.5) is 5.69 Å². The van der Waals surface area contributed by atoms with Gasteiger partial charge in [0.25, 0.3) is 0 Å². The summed E-state index contributed by atoms with van der Waals surface area (Å²) in [4.78, 5) is 9.94. The second-order valence-electron chi connectivity index (χ2n) is 5.60. The number of pyridine rings is 1. The van der Waals surface area contributed by atoms with Crippen molar-refractivity contribution in [2.45, 2.75) is 12.1 Å². The van der Waals surface area contributed by atoms with Crippen LogP contribution in [-0.2, 0) is 0 Å². The first-order chi connectivity index (χ1) is 11.7. The molecule has 0 bridgehead atoms. The van der Waals surface area contributed by atoms with Crippen molar-refractivity contribution in [3.05, 3.63) is 83.4 Å². The number of halogens is 1. The van der Waals surface area contributed by atoms with Crippen molar-refractivity contribution in [3.63, 3.8) is 0 Å². The first-order valence-electron chi connectivity index (χ1n) is 7.63. The molecule has 0 spiro atoms. The van der Waals surface area contributed by atoms with E-state index in [0.29, 0.717) is 10.1 Å². The van der Waals surface area contributed by atoms with E-state index in [1.165, 1.54) is 0 Å². The molecule has 1 aliphatic heterocycles. The quantitative estimate of drug-likeness (QED) is 0.690. The highest BCUT2D eigenvalue weighted by atomic mass is 35.5. The molecule has 24 heavy (non-hydrogen) atoms. The average Bonchev–Trinajstić information content (AvgIpc) is 3.24. The highest BCUT2D eigenvalue weighted by Crippen LogP contribution is 2.40. The average molecular weight is 355 g/mol. The van der Waals surface area contributed by atoms with Gasteiger partial charge in [-0.05, 0) is 60.7 Å². The number of benzene rings is 1. The first-order valence-corrected chi connectivity index (χ1v) is 8.42. The third-order valence-corrected chi connectivity index (χ3v) is 4.71. The molecule has 0 saturated carbocycles. The van der Waals surface area contributed by atoms with Gasteiger partial charge in [0.1, 0.15) is 6.04 Å². The van der Waals surface area contributed by atoms with Crippen molar-refractivity contribution in [1.82, 2.24) is 15.3 Å². The Kier molecular flexibility index (Phi) is 3.96. The fraction of sp³-hybridized carbons (Fsp3) is 0.111. The number of thiocarbonyl (C=S) groups is 1. The molecule has 6 heteroatoms. The summed E-state index contributed by atoms with van der Waals surface area (Å²) in [6.07, 6.45) is 3.73. The lowest BCUT2D eigenvalue weighted by atomic mass is 10.0. The minimum Gasteiger partial charge on any atom is -0.363 e. The Morgan fingerprint density at radius 1 is 1.04 bits per heavy atom. The van der Waals surface area contributed by atoms with E-state index >= 15 is 0 Å². The van der Waals surface area contributed by atoms with Crippen molar-refractivity contribution < 1.29 is 0 Å². The van der Waals surface area contributed by atoms with Crippen molar-refractivity contribution in [3.8, 4) is 0 Å². The Bertz CT molecular complexity index is 833. The number of nitrogens with zero attached hydrogens (tertiary/aromatic N) is 2. The van der Waals surface area contributed by atoms with Crippen LogP contribution in [0.15, 0.2) is 67.0 Å². The monoisotopic (exact) mass is 354 g/mol. The molecule has 1 fully saturated rings. The Morgan fingerprint density at radius 3 is 2.54 bits per heavy atom. The van der Waals surface area contributed by atoms with Gasteiger partial charge in [-0.1, -0.05) is 17.7 Å². The molecule has 3 aromatic rings. The van der Waals surface area contributed by atoms with Gasteiger partial charge in [-0.25, -0.2) is 0 Å². The van der Waals surface area contributed by atoms with Crippen LogP contribution >= 0.6 is 23.8 Å². The fourth-order valence-corrected chi connectivity index (χ4v) is 3.55. The second-order valence-corrected chi connectivity index (χ2v) is 6.42. The van der Waals surface area contributed by atoms with Crippen molar-refractivity contribution >= 4 is 34.6 Å². The first kappa shape index (κ1) is 15.2. The molecule has 0 radical (unpaired) electrons. The normalized spacial score (nSPS) is 20.2. The van der Waals surface area contributed by atoms with Crippen LogP contribution in [0, 0.1) is 0 Å². The van der Waals surface area contributed by atoms with E-state index < -0.39 is 0 Å². The van der Waals surface area contributed by atoms with Crippen LogP contribution in [0.1, 0.15) is 23.5 Å². The molecule has 2 N–H and O–H groups in total. The molecule has 1 aromatic carbocycles. The zero-order chi connectivity index (χ0) is 16.5. The molecule has 3 heterocycles. The van der Waals surface area contributed by atoms with E-state index in [1.807, 2.05) is 54.7 Å². The zero-order valence-electron chi connectivity index (χ0n) is 12.7. The number of anilines is 1. The van der Waals surface area contributed by atoms with Crippen LogP contribution in [0.3, 0.4) is 0 Å². The molecule has 0 amide bonds. The summed E-state index contributed by atoms with van der Waals surface area (Å²) in [6.45, 7) is 0. The number of rotatable bonds is 3. The Hall–Kier alpha value is -2.37. The summed E-state index contributed by atoms with van der Waals surface area (Å²) in [5.74, 6) is 0. The van der Waals surface area contributed by atoms with E-state index in [1.54, 1.807) is 6.20 Å². The van der Waals surface area contributed by atoms with E-state index in [9.17, 15) is 0 Å². The van der Waals surface area contributed by atoms with Crippen molar-refractivity contribution in [2.24, 2.45) is 0 Å². The van der Waals surface area contributed by atoms with Crippen LogP contribution in [0.5, 0.6) is 0 Å². The molecule has 0 aliphatic carbocycles. The maximum Gasteiger partial charge on any atom is 0.174 e. The highest BCUT2D eigenvalue weighted by molar-refractivity contribution is 7.80. The number of hydrogen-bond acceptors (Lipinski definition) is 2. The predicted octanol–water partition coefficient (Wildman–Crippen LogP) is 4.24. The molecule has 2 atom stereocenters. The van der Waals surface area contributed by atoms with E-state index in [0.717, 1.165) is 17.1 Å². The fourth-order valence-electron chi connectivity index (χ4n) is 3.08. The van der Waals surface area contributed by atoms with Gasteiger partial charge < -0.3 is 15.2 Å². The van der Waals surface area contributed by atoms with E-state index in [-0.39, 0.29) is 12.1 Å². The smallest absolute Gasteiger partial charge is 0.174 e. The van der Waals surface area contributed by atoms with Crippen LogP contribution in [-0.4, -0.2) is 15.1 Å². The molecule has 0 unspecified atom stereocenters. The number of H-pyrrole nitrogens is 1. The molecular formula is C18H15ClN4S. The van der Waals surface area contributed by atoms with Gasteiger partial charge in [0.15, 0.2) is 5.11 Å². The summed E-state index contributed by atoms with van der Waals surface area (Å²) < 4.78 is 0. The number of aromatic amines is 1. The zero-order valence-corrected chi connectivity index (χ0v) is 14.3. The molecule has 120 valence electrons. The van der Waals surface area contributed by atoms with Gasteiger partial charge in [0.2, 0.25) is 0 Å². The summed E-state index contributed by atoms with van der Waals surface area (Å²) in [6, 6.07) is 17.6. The maximum atomic E-state index is 6.03. The predicted molar refractivity (Wildman–Crippen MR) is 100 cm³/mol. The molecule has 2 aromatic heterocycles. The number of aromatic nitrogens is 2. The third-order valence-electron chi connectivity index (χ3n) is 4.14. The largest absolute Gasteiger partial charge is 0.363 e. The lowest BCUT2D eigenvalue weighted by Crippen LogP contribution is -2.29. The summed E-state index contributed by atoms with van der Waals surface area (Å²) in [5.41, 5.74) is 3.03. The van der Waals surface area contributed by atoms with Crippen molar-refractivity contribution in [2.75, 3.05) is 4.90 Å². The Labute approximate surface area is 150 Å². The standard InChI is InChI=1S/C18H15ClN4S/c19-12-6-8-13(9-7-12)23-17(15-5-3-11-21-15)16(22-18(23)24)14-4-1-2-10-20-14/h1-11,16-17,21H,(H,22,24)/t16-,17-/m0/s1. The summed E-state index contributed by atoms with van der Waals surface area (Å²) in [7, 11) is 0. The van der Waals surface area contributed by atoms with Crippen molar-refractivity contribution in [1.29, 1.82) is 0 Å². The number of nitrogens with one attached hydrogen (secondary N) is 2. The lowest BCUT2D eigenvalue weighted by molar-refractivity contribution is 0.558. The molecule has 1 aliphatic rings. The molecule has 4 rings (SSSR count). The van der Waals surface area contributed by atoms with Gasteiger partial charge in [-0.3, -0.25) is 4.98 Å². The Morgan fingerprint density at radius 2 is 1.88 bits per heavy atom. The van der Waals surface area contributed by atoms with Gasteiger partial charge >= 0.3 is 0 Å². The van der Waals surface area contributed by atoms with Crippen LogP contribution in [0.2, 0.25) is 5.02 Å². The minimum absolute atomic E-state index is 0.0106. The lowest BCUT2D eigenvalue weighted by Gasteiger charge is -2.27. The maximum absolute atomic E-state index is 6.03. The molecule has 1 saturated heterocycles. The molecular weight excluding hydrogens is 340 g/mol. The summed E-state index contributed by atoms with van der Waals surface area (Å²) in [5, 5.41) is 4.79. The Balaban J connectivity index is 1.80. The third kappa shape index (κ3) is 2.66. The van der Waals surface area contributed by atoms with Gasteiger partial charge in [-0.2, -0.15) is 0 Å². The van der Waals surface area contributed by atoms with Gasteiger partial charge in [-0.15, -0.1) is 0 Å². The van der Waals surface area contributed by atoms with Crippen LogP contribution < -0.4 is 10.2 Å².